The molecule has 0 amide bonds. The van der Waals surface area contributed by atoms with Crippen molar-refractivity contribution in [1.82, 2.24) is 9.38 Å². The third-order valence-electron chi connectivity index (χ3n) is 6.15. The molecule has 3 heterocycles. The minimum absolute atomic E-state index is 0.198. The van der Waals surface area contributed by atoms with E-state index in [2.05, 4.69) is 33.8 Å². The molecular formula is C26H26ClFN4O. The number of anilines is 2. The second kappa shape index (κ2) is 9.32. The van der Waals surface area contributed by atoms with Crippen molar-refractivity contribution in [3.63, 3.8) is 0 Å². The molecule has 5 nitrogen and oxygen atoms in total. The van der Waals surface area contributed by atoms with Crippen LogP contribution in [0.25, 0.3) is 5.65 Å². The fourth-order valence-corrected chi connectivity index (χ4v) is 4.49. The van der Waals surface area contributed by atoms with Gasteiger partial charge in [-0.25, -0.2) is 9.37 Å². The van der Waals surface area contributed by atoms with Gasteiger partial charge in [-0.05, 0) is 67.1 Å². The molecule has 1 aliphatic rings. The molecule has 0 aliphatic carbocycles. The second-order valence-corrected chi connectivity index (χ2v) is 8.60. The minimum Gasteiger partial charge on any atom is -0.487 e. The first-order valence-corrected chi connectivity index (χ1v) is 11.6. The summed E-state index contributed by atoms with van der Waals surface area (Å²) in [5.41, 5.74) is 5.17. The maximum absolute atomic E-state index is 13.2. The van der Waals surface area contributed by atoms with Crippen LogP contribution in [0.1, 0.15) is 18.3 Å². The standard InChI is InChI=1S/C26H26ClFN4O/c1-2-24-25(32-17-19(27)3-12-26(32)29-24)18-33-23-10-8-22(9-11-23)31-15-13-30(14-16-31)21-6-4-20(28)5-7-21/h3-12,17H,2,13-16,18H2,1H3. The Bertz CT molecular complexity index is 1230. The van der Waals surface area contributed by atoms with Crippen LogP contribution >= 0.6 is 11.6 Å². The average molecular weight is 465 g/mol. The molecule has 0 spiro atoms. The number of hydrogen-bond donors (Lipinski definition) is 0. The minimum atomic E-state index is -0.198. The lowest BCUT2D eigenvalue weighted by atomic mass is 10.2. The number of piperazine rings is 1. The molecule has 0 saturated carbocycles. The third kappa shape index (κ3) is 4.62. The first-order chi connectivity index (χ1) is 16.1. The van der Waals surface area contributed by atoms with Gasteiger partial charge in [-0.1, -0.05) is 18.5 Å². The van der Waals surface area contributed by atoms with E-state index in [1.54, 1.807) is 0 Å². The fraction of sp³-hybridized carbons (Fsp3) is 0.269. The zero-order valence-corrected chi connectivity index (χ0v) is 19.3. The monoisotopic (exact) mass is 464 g/mol. The van der Waals surface area contributed by atoms with E-state index >= 15 is 0 Å². The molecule has 1 fully saturated rings. The fourth-order valence-electron chi connectivity index (χ4n) is 4.33. The predicted molar refractivity (Wildman–Crippen MR) is 131 cm³/mol. The van der Waals surface area contributed by atoms with Crippen LogP contribution in [0.3, 0.4) is 0 Å². The molecule has 4 aromatic rings. The van der Waals surface area contributed by atoms with Gasteiger partial charge in [-0.2, -0.15) is 0 Å². The number of ether oxygens (including phenoxy) is 1. The van der Waals surface area contributed by atoms with Crippen molar-refractivity contribution in [3.8, 4) is 5.75 Å². The van der Waals surface area contributed by atoms with E-state index in [0.717, 1.165) is 61.1 Å². The van der Waals surface area contributed by atoms with Gasteiger partial charge in [-0.15, -0.1) is 0 Å². The molecular weight excluding hydrogens is 439 g/mol. The van der Waals surface area contributed by atoms with Crippen LogP contribution in [-0.2, 0) is 13.0 Å². The van der Waals surface area contributed by atoms with Crippen molar-refractivity contribution in [2.45, 2.75) is 20.0 Å². The van der Waals surface area contributed by atoms with Crippen LogP contribution in [-0.4, -0.2) is 35.6 Å². The number of hydrogen-bond acceptors (Lipinski definition) is 4. The number of aryl methyl sites for hydroxylation is 1. The van der Waals surface area contributed by atoms with Crippen molar-refractivity contribution in [1.29, 1.82) is 0 Å². The van der Waals surface area contributed by atoms with Crippen molar-refractivity contribution < 1.29 is 9.13 Å². The van der Waals surface area contributed by atoms with E-state index in [4.69, 9.17) is 16.3 Å². The quantitative estimate of drug-likeness (QED) is 0.372. The lowest BCUT2D eigenvalue weighted by molar-refractivity contribution is 0.299. The first kappa shape index (κ1) is 21.6. The maximum atomic E-state index is 13.2. The number of nitrogens with zero attached hydrogens (tertiary/aromatic N) is 4. The van der Waals surface area contributed by atoms with Gasteiger partial charge < -0.3 is 14.5 Å². The van der Waals surface area contributed by atoms with Crippen molar-refractivity contribution in [2.24, 2.45) is 0 Å². The molecule has 0 radical (unpaired) electrons. The Morgan fingerprint density at radius 2 is 1.48 bits per heavy atom. The summed E-state index contributed by atoms with van der Waals surface area (Å²) in [6, 6.07) is 18.8. The van der Waals surface area contributed by atoms with Gasteiger partial charge >= 0.3 is 0 Å². The summed E-state index contributed by atoms with van der Waals surface area (Å²) >= 11 is 6.19. The highest BCUT2D eigenvalue weighted by Gasteiger charge is 2.18. The van der Waals surface area contributed by atoms with Gasteiger partial charge in [-0.3, -0.25) is 4.40 Å². The molecule has 2 aromatic heterocycles. The summed E-state index contributed by atoms with van der Waals surface area (Å²) in [6.07, 6.45) is 2.72. The number of imidazole rings is 1. The van der Waals surface area contributed by atoms with Gasteiger partial charge in [0.25, 0.3) is 0 Å². The molecule has 170 valence electrons. The molecule has 7 heteroatoms. The largest absolute Gasteiger partial charge is 0.487 e. The Balaban J connectivity index is 1.22. The van der Waals surface area contributed by atoms with Crippen LogP contribution in [0.15, 0.2) is 66.9 Å². The van der Waals surface area contributed by atoms with Gasteiger partial charge in [0.05, 0.1) is 16.4 Å². The summed E-state index contributed by atoms with van der Waals surface area (Å²) in [7, 11) is 0. The highest BCUT2D eigenvalue weighted by molar-refractivity contribution is 6.30. The van der Waals surface area contributed by atoms with E-state index < -0.39 is 0 Å². The van der Waals surface area contributed by atoms with E-state index in [0.29, 0.717) is 11.6 Å². The SMILES string of the molecule is CCc1nc2ccc(Cl)cn2c1COc1ccc(N2CCN(c3ccc(F)cc3)CC2)cc1. The molecule has 0 bridgehead atoms. The lowest BCUT2D eigenvalue weighted by Crippen LogP contribution is -2.46. The first-order valence-electron chi connectivity index (χ1n) is 11.2. The number of aromatic nitrogens is 2. The second-order valence-electron chi connectivity index (χ2n) is 8.17. The zero-order valence-electron chi connectivity index (χ0n) is 18.5. The predicted octanol–water partition coefficient (Wildman–Crippen LogP) is 5.59. The Morgan fingerprint density at radius 1 is 0.879 bits per heavy atom. The van der Waals surface area contributed by atoms with Crippen LogP contribution in [0.4, 0.5) is 15.8 Å². The van der Waals surface area contributed by atoms with E-state index in [1.807, 2.05) is 47.0 Å². The van der Waals surface area contributed by atoms with Gasteiger partial charge in [0.15, 0.2) is 0 Å². The Morgan fingerprint density at radius 3 is 2.09 bits per heavy atom. The molecule has 0 N–H and O–H groups in total. The summed E-state index contributed by atoms with van der Waals surface area (Å²) in [5, 5.41) is 0.674. The number of fused-ring (bicyclic) bond motifs is 1. The summed E-state index contributed by atoms with van der Waals surface area (Å²) in [6.45, 7) is 6.17. The number of pyridine rings is 1. The molecule has 1 saturated heterocycles. The van der Waals surface area contributed by atoms with Gasteiger partial charge in [0.1, 0.15) is 23.8 Å². The topological polar surface area (TPSA) is 33.0 Å². The van der Waals surface area contributed by atoms with Crippen LogP contribution in [0, 0.1) is 5.82 Å². The Hall–Kier alpha value is -3.25. The summed E-state index contributed by atoms with van der Waals surface area (Å²) in [5.74, 6) is 0.624. The summed E-state index contributed by atoms with van der Waals surface area (Å²) in [4.78, 5) is 9.35. The highest BCUT2D eigenvalue weighted by atomic mass is 35.5. The third-order valence-corrected chi connectivity index (χ3v) is 6.37. The lowest BCUT2D eigenvalue weighted by Gasteiger charge is -2.37. The molecule has 2 aromatic carbocycles. The summed E-state index contributed by atoms with van der Waals surface area (Å²) < 4.78 is 21.3. The smallest absolute Gasteiger partial charge is 0.137 e. The zero-order chi connectivity index (χ0) is 22.8. The molecule has 5 rings (SSSR count). The van der Waals surface area contributed by atoms with Crippen molar-refractivity contribution in [2.75, 3.05) is 36.0 Å². The number of rotatable bonds is 6. The maximum Gasteiger partial charge on any atom is 0.137 e. The normalized spacial score (nSPS) is 14.2. The van der Waals surface area contributed by atoms with Crippen LogP contribution in [0.2, 0.25) is 5.02 Å². The highest BCUT2D eigenvalue weighted by Crippen LogP contribution is 2.25. The van der Waals surface area contributed by atoms with Gasteiger partial charge in [0, 0.05) is 43.8 Å². The van der Waals surface area contributed by atoms with Gasteiger partial charge in [0.2, 0.25) is 0 Å². The number of benzene rings is 2. The Kier molecular flexibility index (Phi) is 6.09. The molecule has 0 unspecified atom stereocenters. The molecule has 33 heavy (non-hydrogen) atoms. The Labute approximate surface area is 198 Å². The molecule has 0 atom stereocenters. The van der Waals surface area contributed by atoms with E-state index in [1.165, 1.54) is 17.8 Å². The van der Waals surface area contributed by atoms with Crippen LogP contribution < -0.4 is 14.5 Å². The van der Waals surface area contributed by atoms with Crippen molar-refractivity contribution in [3.05, 3.63) is 89.1 Å². The van der Waals surface area contributed by atoms with Crippen LogP contribution in [0.5, 0.6) is 5.75 Å². The molecule has 1 aliphatic heterocycles. The average Bonchev–Trinajstić information content (AvgIpc) is 3.20. The van der Waals surface area contributed by atoms with E-state index in [9.17, 15) is 4.39 Å². The van der Waals surface area contributed by atoms with Crippen molar-refractivity contribution >= 4 is 28.6 Å². The number of halogens is 2. The van der Waals surface area contributed by atoms with E-state index in [-0.39, 0.29) is 5.82 Å².